The van der Waals surface area contributed by atoms with Crippen molar-refractivity contribution in [2.24, 2.45) is 11.3 Å². The molecule has 1 rings (SSSR count). The summed E-state index contributed by atoms with van der Waals surface area (Å²) in [4.78, 5) is 36.0. The Morgan fingerprint density at radius 1 is 1.14 bits per heavy atom. The van der Waals surface area contributed by atoms with Crippen molar-refractivity contribution in [3.63, 3.8) is 0 Å². The highest BCUT2D eigenvalue weighted by molar-refractivity contribution is 6.02. The van der Waals surface area contributed by atoms with Gasteiger partial charge in [0, 0.05) is 5.92 Å². The van der Waals surface area contributed by atoms with Gasteiger partial charge in [-0.05, 0) is 32.1 Å². The maximum Gasteiger partial charge on any atom is 0.340 e. The highest BCUT2D eigenvalue weighted by Crippen LogP contribution is 2.42. The average Bonchev–Trinajstić information content (AvgIpc) is 2.75. The molecule has 1 unspecified atom stereocenters. The summed E-state index contributed by atoms with van der Waals surface area (Å²) >= 11 is 0. The van der Waals surface area contributed by atoms with E-state index in [1.807, 2.05) is 13.8 Å². The maximum absolute atomic E-state index is 12.4. The Bertz CT molecular complexity index is 387. The van der Waals surface area contributed by atoms with Crippen molar-refractivity contribution >= 4 is 17.8 Å². The van der Waals surface area contributed by atoms with Crippen LogP contribution in [0, 0.1) is 11.3 Å². The van der Waals surface area contributed by atoms with Gasteiger partial charge in [0.1, 0.15) is 0 Å². The van der Waals surface area contributed by atoms with Crippen LogP contribution in [-0.2, 0) is 23.9 Å². The lowest BCUT2D eigenvalue weighted by atomic mass is 9.81. The minimum Gasteiger partial charge on any atom is -0.464 e. The second-order valence-corrected chi connectivity index (χ2v) is 5.88. The number of carbonyl (C=O) groups excluding carboxylic acids is 3. The predicted octanol–water partition coefficient (Wildman–Crippen LogP) is 1.42. The van der Waals surface area contributed by atoms with Crippen LogP contribution in [-0.4, -0.2) is 37.1 Å². The van der Waals surface area contributed by atoms with Crippen molar-refractivity contribution in [2.45, 2.75) is 53.0 Å². The summed E-state index contributed by atoms with van der Waals surface area (Å²) in [5.74, 6) is -2.05. The lowest BCUT2D eigenvalue weighted by Crippen LogP contribution is -2.51. The normalized spacial score (nSPS) is 20.1. The molecule has 21 heavy (non-hydrogen) atoms. The molecule has 6 heteroatoms. The Morgan fingerprint density at radius 3 is 2.05 bits per heavy atom. The van der Waals surface area contributed by atoms with Gasteiger partial charge in [-0.1, -0.05) is 20.3 Å². The first-order chi connectivity index (χ1) is 9.83. The van der Waals surface area contributed by atoms with Crippen molar-refractivity contribution in [3.8, 4) is 0 Å². The molecule has 1 aliphatic rings. The molecule has 0 aromatic carbocycles. The zero-order valence-electron chi connectivity index (χ0n) is 13.2. The van der Waals surface area contributed by atoms with Gasteiger partial charge in [-0.2, -0.15) is 0 Å². The fourth-order valence-corrected chi connectivity index (χ4v) is 2.72. The van der Waals surface area contributed by atoms with Gasteiger partial charge in [0.2, 0.25) is 11.9 Å². The average molecular weight is 299 g/mol. The van der Waals surface area contributed by atoms with Crippen molar-refractivity contribution in [1.29, 1.82) is 0 Å². The highest BCUT2D eigenvalue weighted by atomic mass is 16.6. The van der Waals surface area contributed by atoms with Crippen molar-refractivity contribution < 1.29 is 23.9 Å². The fourth-order valence-electron chi connectivity index (χ4n) is 2.72. The molecular formula is C15H25NO5. The van der Waals surface area contributed by atoms with Crippen molar-refractivity contribution in [3.05, 3.63) is 0 Å². The molecule has 1 aliphatic carbocycles. The summed E-state index contributed by atoms with van der Waals surface area (Å²) in [6.07, 6.45) is 2.68. The van der Waals surface area contributed by atoms with Gasteiger partial charge in [0.25, 0.3) is 0 Å². The minimum atomic E-state index is -1.38. The Morgan fingerprint density at radius 2 is 1.67 bits per heavy atom. The molecule has 0 saturated heterocycles. The first-order valence-corrected chi connectivity index (χ1v) is 7.47. The number of amides is 1. The van der Waals surface area contributed by atoms with Crippen LogP contribution in [0.3, 0.4) is 0 Å². The van der Waals surface area contributed by atoms with Crippen LogP contribution < -0.4 is 5.32 Å². The summed E-state index contributed by atoms with van der Waals surface area (Å²) in [5.41, 5.74) is -0.127. The molecule has 1 amide bonds. The van der Waals surface area contributed by atoms with E-state index < -0.39 is 18.0 Å². The molecule has 1 fully saturated rings. The van der Waals surface area contributed by atoms with Crippen LogP contribution in [0.5, 0.6) is 0 Å². The molecule has 120 valence electrons. The maximum atomic E-state index is 12.4. The fraction of sp³-hybridized carbons (Fsp3) is 0.800. The van der Waals surface area contributed by atoms with E-state index in [2.05, 4.69) is 5.32 Å². The van der Waals surface area contributed by atoms with Crippen LogP contribution in [0.25, 0.3) is 0 Å². The Hall–Kier alpha value is -1.59. The second-order valence-electron chi connectivity index (χ2n) is 5.88. The van der Waals surface area contributed by atoms with Gasteiger partial charge in [0.15, 0.2) is 0 Å². The molecule has 0 radical (unpaired) electrons. The minimum absolute atomic E-state index is 0.127. The largest absolute Gasteiger partial charge is 0.464 e. The van der Waals surface area contributed by atoms with E-state index >= 15 is 0 Å². The van der Waals surface area contributed by atoms with E-state index in [-0.39, 0.29) is 30.5 Å². The number of hydrogen-bond acceptors (Lipinski definition) is 5. The highest BCUT2D eigenvalue weighted by Gasteiger charge is 2.42. The van der Waals surface area contributed by atoms with Crippen LogP contribution in [0.15, 0.2) is 0 Å². The van der Waals surface area contributed by atoms with Gasteiger partial charge in [-0.3, -0.25) is 4.79 Å². The number of ether oxygens (including phenoxy) is 2. The molecule has 0 aliphatic heterocycles. The lowest BCUT2D eigenvalue weighted by Gasteiger charge is -2.27. The first kappa shape index (κ1) is 17.5. The van der Waals surface area contributed by atoms with E-state index in [4.69, 9.17) is 9.47 Å². The summed E-state index contributed by atoms with van der Waals surface area (Å²) in [6, 6.07) is -1.38. The van der Waals surface area contributed by atoms with E-state index in [1.54, 1.807) is 13.8 Å². The smallest absolute Gasteiger partial charge is 0.340 e. The first-order valence-electron chi connectivity index (χ1n) is 7.47. The number of nitrogens with one attached hydrogen (secondary N) is 1. The number of carbonyl (C=O) groups is 3. The van der Waals surface area contributed by atoms with Crippen molar-refractivity contribution in [2.75, 3.05) is 13.2 Å². The predicted molar refractivity (Wildman–Crippen MR) is 76.3 cm³/mol. The molecule has 0 aromatic heterocycles. The molecule has 1 saturated carbocycles. The summed E-state index contributed by atoms with van der Waals surface area (Å²) in [6.45, 7) is 7.60. The molecule has 0 heterocycles. The van der Waals surface area contributed by atoms with E-state index in [0.717, 1.165) is 19.3 Å². The summed E-state index contributed by atoms with van der Waals surface area (Å²) in [5, 5.41) is 2.50. The van der Waals surface area contributed by atoms with Crippen molar-refractivity contribution in [1.82, 2.24) is 5.32 Å². The van der Waals surface area contributed by atoms with Crippen LogP contribution in [0.4, 0.5) is 0 Å². The Kier molecular flexibility index (Phi) is 6.18. The second kappa shape index (κ2) is 7.43. The van der Waals surface area contributed by atoms with E-state index in [0.29, 0.717) is 0 Å². The van der Waals surface area contributed by atoms with E-state index in [9.17, 15) is 14.4 Å². The lowest BCUT2D eigenvalue weighted by molar-refractivity contribution is -0.160. The van der Waals surface area contributed by atoms with E-state index in [1.165, 1.54) is 0 Å². The monoisotopic (exact) mass is 299 g/mol. The van der Waals surface area contributed by atoms with Gasteiger partial charge in [-0.15, -0.1) is 0 Å². The third kappa shape index (κ3) is 4.44. The van der Waals surface area contributed by atoms with Gasteiger partial charge >= 0.3 is 11.9 Å². The Labute approximate surface area is 125 Å². The standard InChI is InChI=1S/C15H25NO5/c1-5-20-13(18)11(14(19)21-6-2)16-12(17)10-8-7-9-15(10,3)4/h10-11H,5-9H2,1-4H3,(H,16,17). The van der Waals surface area contributed by atoms with Gasteiger partial charge in [-0.25, -0.2) is 9.59 Å². The zero-order valence-corrected chi connectivity index (χ0v) is 13.2. The SMILES string of the molecule is CCOC(=O)C(NC(=O)C1CCCC1(C)C)C(=O)OCC. The topological polar surface area (TPSA) is 81.7 Å². The molecule has 6 nitrogen and oxygen atoms in total. The number of hydrogen-bond donors (Lipinski definition) is 1. The van der Waals surface area contributed by atoms with Crippen LogP contribution >= 0.6 is 0 Å². The third-order valence-corrected chi connectivity index (χ3v) is 3.90. The molecule has 1 atom stereocenters. The molecule has 1 N–H and O–H groups in total. The molecular weight excluding hydrogens is 274 g/mol. The summed E-state index contributed by atoms with van der Waals surface area (Å²) in [7, 11) is 0. The zero-order chi connectivity index (χ0) is 16.0. The van der Waals surface area contributed by atoms with Crippen LogP contribution in [0.1, 0.15) is 47.0 Å². The van der Waals surface area contributed by atoms with Gasteiger partial charge < -0.3 is 14.8 Å². The third-order valence-electron chi connectivity index (χ3n) is 3.90. The molecule has 0 spiro atoms. The Balaban J connectivity index is 2.78. The van der Waals surface area contributed by atoms with Crippen LogP contribution in [0.2, 0.25) is 0 Å². The molecule has 0 bridgehead atoms. The number of rotatable bonds is 6. The quantitative estimate of drug-likeness (QED) is 0.592. The summed E-state index contributed by atoms with van der Waals surface area (Å²) < 4.78 is 9.67. The molecule has 0 aromatic rings. The van der Waals surface area contributed by atoms with Gasteiger partial charge in [0.05, 0.1) is 13.2 Å². The number of esters is 2.